The summed E-state index contributed by atoms with van der Waals surface area (Å²) in [7, 11) is 0. The fourth-order valence-corrected chi connectivity index (χ4v) is 3.87. The number of amides is 2. The lowest BCUT2D eigenvalue weighted by atomic mass is 10.1. The highest BCUT2D eigenvalue weighted by Crippen LogP contribution is 2.15. The Labute approximate surface area is 205 Å². The molecule has 36 heavy (non-hydrogen) atoms. The lowest BCUT2D eigenvalue weighted by molar-refractivity contribution is -0.117. The zero-order valence-electron chi connectivity index (χ0n) is 20.2. The molecule has 0 atom stereocenters. The van der Waals surface area contributed by atoms with Gasteiger partial charge < -0.3 is 10.6 Å². The van der Waals surface area contributed by atoms with Crippen molar-refractivity contribution in [2.24, 2.45) is 5.92 Å². The molecule has 2 N–H and O–H groups in total. The zero-order chi connectivity index (χ0) is 26.0. The maximum Gasteiger partial charge on any atom is 0.352 e. The Balaban J connectivity index is 1.81. The average molecular weight is 495 g/mol. The van der Waals surface area contributed by atoms with E-state index >= 15 is 0 Å². The predicted octanol–water partition coefficient (Wildman–Crippen LogP) is 2.38. The van der Waals surface area contributed by atoms with Gasteiger partial charge in [-0.1, -0.05) is 32.9 Å². The number of nitrogens with zero attached hydrogens (tertiary/aromatic N) is 4. The Bertz CT molecular complexity index is 1580. The minimum atomic E-state index is -0.664. The lowest BCUT2D eigenvalue weighted by Crippen LogP contribution is -2.30. The summed E-state index contributed by atoms with van der Waals surface area (Å²) in [6.45, 7) is 6.09. The number of aromatic nitrogens is 4. The smallest absolute Gasteiger partial charge is 0.352 e. The standard InChI is InChI=1S/C25H27FN6O4/c1-4-11-30-23(35)17-10-9-16(22(34)27-13-15(2)3)12-20(17)32-24(30)29-31(25(32)36)14-21(33)28-19-8-6-5-7-18(19)26/h5-10,12,15H,4,11,13-14H2,1-3H3,(H,27,34)(H,28,33). The van der Waals surface area contributed by atoms with E-state index in [1.807, 2.05) is 20.8 Å². The zero-order valence-corrected chi connectivity index (χ0v) is 20.2. The van der Waals surface area contributed by atoms with Gasteiger partial charge in [-0.3, -0.25) is 19.0 Å². The van der Waals surface area contributed by atoms with Crippen molar-refractivity contribution in [3.05, 3.63) is 74.7 Å². The summed E-state index contributed by atoms with van der Waals surface area (Å²) in [5, 5.41) is 9.74. The van der Waals surface area contributed by atoms with Crippen molar-refractivity contribution >= 4 is 34.2 Å². The third-order valence-corrected chi connectivity index (χ3v) is 5.60. The largest absolute Gasteiger partial charge is 0.352 e. The van der Waals surface area contributed by atoms with Crippen LogP contribution in [0.1, 0.15) is 37.6 Å². The molecule has 0 radical (unpaired) electrons. The summed E-state index contributed by atoms with van der Waals surface area (Å²) in [5.41, 5.74) is -0.547. The molecular formula is C25H27FN6O4. The number of para-hydroxylation sites is 1. The van der Waals surface area contributed by atoms with Gasteiger partial charge in [0.25, 0.3) is 11.5 Å². The summed E-state index contributed by atoms with van der Waals surface area (Å²) in [6.07, 6.45) is 0.603. The molecule has 0 aliphatic heterocycles. The van der Waals surface area contributed by atoms with Crippen LogP contribution in [0.25, 0.3) is 16.7 Å². The summed E-state index contributed by atoms with van der Waals surface area (Å²) >= 11 is 0. The SMILES string of the molecule is CCCn1c(=O)c2ccc(C(=O)NCC(C)C)cc2n2c(=O)n(CC(=O)Nc3ccccc3F)nc12. The van der Waals surface area contributed by atoms with Gasteiger partial charge in [0.2, 0.25) is 11.7 Å². The number of nitrogens with one attached hydrogen (secondary N) is 2. The highest BCUT2D eigenvalue weighted by molar-refractivity contribution is 5.98. The summed E-state index contributed by atoms with van der Waals surface area (Å²) in [4.78, 5) is 51.8. The minimum Gasteiger partial charge on any atom is -0.352 e. The number of hydrogen-bond acceptors (Lipinski definition) is 5. The van der Waals surface area contributed by atoms with E-state index in [2.05, 4.69) is 15.7 Å². The molecule has 2 aromatic carbocycles. The third-order valence-electron chi connectivity index (χ3n) is 5.60. The highest BCUT2D eigenvalue weighted by atomic mass is 19.1. The summed E-state index contributed by atoms with van der Waals surface area (Å²) in [5.74, 6) is -1.30. The molecule has 2 amide bonds. The Morgan fingerprint density at radius 2 is 1.86 bits per heavy atom. The van der Waals surface area contributed by atoms with Gasteiger partial charge in [0, 0.05) is 18.7 Å². The molecule has 4 aromatic rings. The molecule has 0 bridgehead atoms. The second kappa shape index (κ2) is 10.1. The fourth-order valence-electron chi connectivity index (χ4n) is 3.87. The van der Waals surface area contributed by atoms with Gasteiger partial charge >= 0.3 is 5.69 Å². The number of aryl methyl sites for hydroxylation is 1. The first-order valence-electron chi connectivity index (χ1n) is 11.7. The number of rotatable bonds is 8. The molecule has 11 heteroatoms. The van der Waals surface area contributed by atoms with E-state index in [0.29, 0.717) is 19.5 Å². The van der Waals surface area contributed by atoms with Crippen LogP contribution in [0.5, 0.6) is 0 Å². The second-order valence-electron chi connectivity index (χ2n) is 8.90. The molecule has 188 valence electrons. The van der Waals surface area contributed by atoms with Gasteiger partial charge in [-0.15, -0.1) is 5.10 Å². The topological polar surface area (TPSA) is 120 Å². The van der Waals surface area contributed by atoms with Gasteiger partial charge in [0.1, 0.15) is 12.4 Å². The third kappa shape index (κ3) is 4.77. The fraction of sp³-hybridized carbons (Fsp3) is 0.320. The summed E-state index contributed by atoms with van der Waals surface area (Å²) < 4.78 is 17.4. The van der Waals surface area contributed by atoms with E-state index < -0.39 is 24.0 Å². The molecule has 10 nitrogen and oxygen atoms in total. The van der Waals surface area contributed by atoms with Crippen molar-refractivity contribution in [1.29, 1.82) is 0 Å². The molecule has 4 rings (SSSR count). The Morgan fingerprint density at radius 3 is 2.56 bits per heavy atom. The quantitative estimate of drug-likeness (QED) is 0.390. The van der Waals surface area contributed by atoms with Crippen molar-refractivity contribution < 1.29 is 14.0 Å². The minimum absolute atomic E-state index is 0.0234. The normalized spacial score (nSPS) is 11.4. The molecule has 0 spiro atoms. The van der Waals surface area contributed by atoms with Gasteiger partial charge in [0.15, 0.2) is 0 Å². The number of anilines is 1. The molecule has 2 aromatic heterocycles. The van der Waals surface area contributed by atoms with Gasteiger partial charge in [0.05, 0.1) is 16.6 Å². The van der Waals surface area contributed by atoms with Crippen LogP contribution in [-0.2, 0) is 17.9 Å². The monoisotopic (exact) mass is 494 g/mol. The highest BCUT2D eigenvalue weighted by Gasteiger charge is 2.20. The van der Waals surface area contributed by atoms with Crippen LogP contribution in [0.15, 0.2) is 52.1 Å². The van der Waals surface area contributed by atoms with Gasteiger partial charge in [-0.05, 0) is 42.7 Å². The van der Waals surface area contributed by atoms with Crippen LogP contribution in [0, 0.1) is 11.7 Å². The predicted molar refractivity (Wildman–Crippen MR) is 134 cm³/mol. The first-order chi connectivity index (χ1) is 17.2. The van der Waals surface area contributed by atoms with E-state index in [1.54, 1.807) is 12.1 Å². The van der Waals surface area contributed by atoms with Crippen LogP contribution in [0.3, 0.4) is 0 Å². The Hall–Kier alpha value is -4.28. The van der Waals surface area contributed by atoms with E-state index in [4.69, 9.17) is 0 Å². The van der Waals surface area contributed by atoms with E-state index in [0.717, 1.165) is 4.68 Å². The number of benzene rings is 2. The van der Waals surface area contributed by atoms with Gasteiger partial charge in [-0.2, -0.15) is 0 Å². The second-order valence-corrected chi connectivity index (χ2v) is 8.90. The Morgan fingerprint density at radius 1 is 1.11 bits per heavy atom. The van der Waals surface area contributed by atoms with Gasteiger partial charge in [-0.25, -0.2) is 18.3 Å². The molecule has 0 saturated heterocycles. The molecule has 2 heterocycles. The van der Waals surface area contributed by atoms with Crippen LogP contribution in [0.2, 0.25) is 0 Å². The van der Waals surface area contributed by atoms with Crippen molar-refractivity contribution in [1.82, 2.24) is 24.1 Å². The maximum absolute atomic E-state index is 13.9. The molecule has 0 aliphatic carbocycles. The van der Waals surface area contributed by atoms with E-state index in [-0.39, 0.29) is 45.3 Å². The van der Waals surface area contributed by atoms with Crippen LogP contribution in [0.4, 0.5) is 10.1 Å². The molecular weight excluding hydrogens is 467 g/mol. The number of carbonyl (C=O) groups is 2. The van der Waals surface area contributed by atoms with Crippen LogP contribution in [-0.4, -0.2) is 37.1 Å². The number of carbonyl (C=O) groups excluding carboxylic acids is 2. The van der Waals surface area contributed by atoms with Crippen molar-refractivity contribution in [3.8, 4) is 0 Å². The first-order valence-corrected chi connectivity index (χ1v) is 11.7. The molecule has 0 aliphatic rings. The Kier molecular flexibility index (Phi) is 7.00. The van der Waals surface area contributed by atoms with E-state index in [9.17, 15) is 23.6 Å². The molecule has 0 saturated carbocycles. The van der Waals surface area contributed by atoms with E-state index in [1.165, 1.54) is 39.3 Å². The van der Waals surface area contributed by atoms with Crippen molar-refractivity contribution in [2.75, 3.05) is 11.9 Å². The first kappa shape index (κ1) is 24.8. The summed E-state index contributed by atoms with van der Waals surface area (Å²) in [6, 6.07) is 10.2. The lowest BCUT2D eigenvalue weighted by Gasteiger charge is -2.11. The van der Waals surface area contributed by atoms with Crippen molar-refractivity contribution in [3.63, 3.8) is 0 Å². The number of hydrogen-bond donors (Lipinski definition) is 2. The van der Waals surface area contributed by atoms with Crippen LogP contribution >= 0.6 is 0 Å². The number of halogens is 1. The molecule has 0 unspecified atom stereocenters. The maximum atomic E-state index is 13.9. The number of fused-ring (bicyclic) bond motifs is 3. The van der Waals surface area contributed by atoms with Crippen LogP contribution < -0.4 is 21.9 Å². The molecule has 0 fully saturated rings. The van der Waals surface area contributed by atoms with Crippen molar-refractivity contribution in [2.45, 2.75) is 40.3 Å². The average Bonchev–Trinajstić information content (AvgIpc) is 3.16.